The Morgan fingerprint density at radius 1 is 1.11 bits per heavy atom. The van der Waals surface area contributed by atoms with E-state index in [2.05, 4.69) is 4.98 Å². The molecule has 0 aliphatic rings. The van der Waals surface area contributed by atoms with Crippen LogP contribution >= 0.6 is 0 Å². The molecule has 0 unspecified atom stereocenters. The summed E-state index contributed by atoms with van der Waals surface area (Å²) in [5.41, 5.74) is 1.33. The van der Waals surface area contributed by atoms with Crippen LogP contribution in [0.3, 0.4) is 0 Å². The van der Waals surface area contributed by atoms with E-state index in [0.29, 0.717) is 5.69 Å². The lowest BCUT2D eigenvalue weighted by Gasteiger charge is -2.18. The van der Waals surface area contributed by atoms with Crippen LogP contribution in [0.1, 0.15) is 5.56 Å². The van der Waals surface area contributed by atoms with Crippen molar-refractivity contribution in [3.8, 4) is 0 Å². The van der Waals surface area contributed by atoms with Crippen molar-refractivity contribution in [1.29, 1.82) is 0 Å². The predicted molar refractivity (Wildman–Crippen MR) is 71.7 cm³/mol. The van der Waals surface area contributed by atoms with E-state index >= 15 is 0 Å². The van der Waals surface area contributed by atoms with Gasteiger partial charge in [0.25, 0.3) is 0 Å². The first kappa shape index (κ1) is 12.6. The second-order valence-electron chi connectivity index (χ2n) is 3.92. The van der Waals surface area contributed by atoms with Crippen molar-refractivity contribution in [2.24, 2.45) is 0 Å². The topological polar surface area (TPSA) is 50.3 Å². The Morgan fingerprint density at radius 2 is 1.83 bits per heavy atom. The number of pyridine rings is 1. The Bertz CT molecular complexity index is 597. The van der Waals surface area contributed by atoms with Crippen molar-refractivity contribution in [1.82, 2.24) is 4.98 Å². The number of anilines is 1. The van der Waals surface area contributed by atoms with Crippen LogP contribution in [-0.2, 0) is 15.8 Å². The van der Waals surface area contributed by atoms with Gasteiger partial charge in [-0.05, 0) is 17.7 Å². The summed E-state index contributed by atoms with van der Waals surface area (Å²) in [6.45, 7) is 0. The fourth-order valence-corrected chi connectivity index (χ4v) is 2.82. The van der Waals surface area contributed by atoms with Gasteiger partial charge in [-0.25, -0.2) is 8.42 Å². The number of hydrogen-bond acceptors (Lipinski definition) is 3. The molecular formula is C13H14N2O2S. The maximum absolute atomic E-state index is 12.2. The average molecular weight is 262 g/mol. The van der Waals surface area contributed by atoms with Crippen molar-refractivity contribution in [2.75, 3.05) is 11.4 Å². The molecule has 0 fully saturated rings. The normalized spacial score (nSPS) is 11.2. The van der Waals surface area contributed by atoms with Gasteiger partial charge in [-0.15, -0.1) is 0 Å². The van der Waals surface area contributed by atoms with Gasteiger partial charge in [-0.2, -0.15) is 0 Å². The summed E-state index contributed by atoms with van der Waals surface area (Å²) >= 11 is 0. The van der Waals surface area contributed by atoms with Crippen molar-refractivity contribution in [3.05, 3.63) is 60.4 Å². The van der Waals surface area contributed by atoms with Crippen molar-refractivity contribution in [3.63, 3.8) is 0 Å². The van der Waals surface area contributed by atoms with Crippen LogP contribution in [0.4, 0.5) is 5.69 Å². The molecule has 1 aromatic carbocycles. The SMILES string of the molecule is CN(c1cccnc1)S(=O)(=O)Cc1ccccc1. The van der Waals surface area contributed by atoms with Gasteiger partial charge in [0.2, 0.25) is 10.0 Å². The molecule has 4 nitrogen and oxygen atoms in total. The van der Waals surface area contributed by atoms with Crippen LogP contribution in [0.5, 0.6) is 0 Å². The molecule has 1 heterocycles. The monoisotopic (exact) mass is 262 g/mol. The Morgan fingerprint density at radius 3 is 2.44 bits per heavy atom. The van der Waals surface area contributed by atoms with Gasteiger partial charge < -0.3 is 0 Å². The van der Waals surface area contributed by atoms with Crippen LogP contribution in [0.15, 0.2) is 54.9 Å². The average Bonchev–Trinajstić information content (AvgIpc) is 2.39. The molecule has 2 rings (SSSR count). The maximum atomic E-state index is 12.2. The number of nitrogens with zero attached hydrogens (tertiary/aromatic N) is 2. The second kappa shape index (κ2) is 5.18. The predicted octanol–water partition coefficient (Wildman–Crippen LogP) is 2.05. The van der Waals surface area contributed by atoms with Gasteiger partial charge in [0, 0.05) is 13.2 Å². The molecule has 0 atom stereocenters. The molecule has 0 saturated heterocycles. The molecule has 2 aromatic rings. The molecule has 0 N–H and O–H groups in total. The fourth-order valence-electron chi connectivity index (χ4n) is 1.58. The van der Waals surface area contributed by atoms with E-state index in [1.165, 1.54) is 17.5 Å². The highest BCUT2D eigenvalue weighted by Crippen LogP contribution is 2.17. The molecular weight excluding hydrogens is 248 g/mol. The van der Waals surface area contributed by atoms with Crippen LogP contribution in [0.2, 0.25) is 0 Å². The summed E-state index contributed by atoms with van der Waals surface area (Å²) in [5.74, 6) is -0.0146. The zero-order valence-corrected chi connectivity index (χ0v) is 10.8. The lowest BCUT2D eigenvalue weighted by Crippen LogP contribution is -2.27. The number of hydrogen-bond donors (Lipinski definition) is 0. The lowest BCUT2D eigenvalue weighted by molar-refractivity contribution is 0.593. The van der Waals surface area contributed by atoms with Crippen molar-refractivity contribution in [2.45, 2.75) is 5.75 Å². The highest BCUT2D eigenvalue weighted by molar-refractivity contribution is 7.92. The van der Waals surface area contributed by atoms with E-state index in [4.69, 9.17) is 0 Å². The summed E-state index contributed by atoms with van der Waals surface area (Å²) in [4.78, 5) is 3.92. The highest BCUT2D eigenvalue weighted by atomic mass is 32.2. The first-order valence-electron chi connectivity index (χ1n) is 5.50. The quantitative estimate of drug-likeness (QED) is 0.847. The van der Waals surface area contributed by atoms with E-state index in [0.717, 1.165) is 5.56 Å². The molecule has 0 amide bonds. The number of rotatable bonds is 4. The minimum Gasteiger partial charge on any atom is -0.271 e. The van der Waals surface area contributed by atoms with Crippen LogP contribution in [0, 0.1) is 0 Å². The summed E-state index contributed by atoms with van der Waals surface area (Å²) in [5, 5.41) is 0. The zero-order chi connectivity index (χ0) is 13.0. The smallest absolute Gasteiger partial charge is 0.239 e. The molecule has 94 valence electrons. The molecule has 0 bridgehead atoms. The largest absolute Gasteiger partial charge is 0.271 e. The number of sulfonamides is 1. The molecule has 5 heteroatoms. The molecule has 0 radical (unpaired) electrons. The Labute approximate surface area is 107 Å². The van der Waals surface area contributed by atoms with Crippen molar-refractivity contribution >= 4 is 15.7 Å². The van der Waals surface area contributed by atoms with Gasteiger partial charge in [0.1, 0.15) is 0 Å². The van der Waals surface area contributed by atoms with Crippen molar-refractivity contribution < 1.29 is 8.42 Å². The molecule has 0 spiro atoms. The fraction of sp³-hybridized carbons (Fsp3) is 0.154. The van der Waals surface area contributed by atoms with Crippen LogP contribution < -0.4 is 4.31 Å². The molecule has 0 aliphatic carbocycles. The third kappa shape index (κ3) is 2.87. The third-order valence-electron chi connectivity index (χ3n) is 2.62. The van der Waals surface area contributed by atoms with Gasteiger partial charge in [-0.3, -0.25) is 9.29 Å². The van der Waals surface area contributed by atoms with Gasteiger partial charge in [0.05, 0.1) is 17.6 Å². The van der Waals surface area contributed by atoms with Gasteiger partial charge >= 0.3 is 0 Å². The maximum Gasteiger partial charge on any atom is 0.239 e. The Kier molecular flexibility index (Phi) is 3.62. The minimum absolute atomic E-state index is 0.0146. The van der Waals surface area contributed by atoms with E-state index in [1.54, 1.807) is 30.5 Å². The molecule has 1 aromatic heterocycles. The van der Waals surface area contributed by atoms with E-state index in [-0.39, 0.29) is 5.75 Å². The summed E-state index contributed by atoms with van der Waals surface area (Å²) in [7, 11) is -1.84. The second-order valence-corrected chi connectivity index (χ2v) is 5.92. The molecule has 18 heavy (non-hydrogen) atoms. The van der Waals surface area contributed by atoms with Crippen LogP contribution in [0.25, 0.3) is 0 Å². The lowest BCUT2D eigenvalue weighted by atomic mass is 10.2. The Balaban J connectivity index is 2.22. The van der Waals surface area contributed by atoms with Crippen LogP contribution in [-0.4, -0.2) is 20.4 Å². The summed E-state index contributed by atoms with van der Waals surface area (Å²) in [6.07, 6.45) is 3.14. The van der Waals surface area contributed by atoms with E-state index in [9.17, 15) is 8.42 Å². The van der Waals surface area contributed by atoms with E-state index < -0.39 is 10.0 Å². The number of benzene rings is 1. The first-order chi connectivity index (χ1) is 8.59. The van der Waals surface area contributed by atoms with E-state index in [1.807, 2.05) is 18.2 Å². The Hall–Kier alpha value is -1.88. The minimum atomic E-state index is -3.37. The third-order valence-corrected chi connectivity index (χ3v) is 4.36. The molecule has 0 aliphatic heterocycles. The molecule has 0 saturated carbocycles. The summed E-state index contributed by atoms with van der Waals surface area (Å²) < 4.78 is 25.7. The standard InChI is InChI=1S/C13H14N2O2S/c1-15(13-8-5-9-14-10-13)18(16,17)11-12-6-3-2-4-7-12/h2-10H,11H2,1H3. The number of aromatic nitrogens is 1. The summed E-state index contributed by atoms with van der Waals surface area (Å²) in [6, 6.07) is 12.5. The first-order valence-corrected chi connectivity index (χ1v) is 7.11. The highest BCUT2D eigenvalue weighted by Gasteiger charge is 2.18. The zero-order valence-electron chi connectivity index (χ0n) is 10.0. The van der Waals surface area contributed by atoms with Gasteiger partial charge in [0.15, 0.2) is 0 Å². The van der Waals surface area contributed by atoms with Gasteiger partial charge in [-0.1, -0.05) is 30.3 Å².